The highest BCUT2D eigenvalue weighted by atomic mass is 79.9. The number of hydrogen-bond acceptors (Lipinski definition) is 3. The molecule has 0 heterocycles. The lowest BCUT2D eigenvalue weighted by Crippen LogP contribution is -2.33. The summed E-state index contributed by atoms with van der Waals surface area (Å²) in [6.07, 6.45) is 0. The van der Waals surface area contributed by atoms with E-state index in [1.807, 2.05) is 20.0 Å². The zero-order chi connectivity index (χ0) is 12.8. The van der Waals surface area contributed by atoms with Gasteiger partial charge in [0.25, 0.3) is 0 Å². The molecule has 0 saturated carbocycles. The van der Waals surface area contributed by atoms with Crippen molar-refractivity contribution in [1.82, 2.24) is 5.32 Å². The number of rotatable bonds is 6. The maximum Gasteiger partial charge on any atom is 0.0632 e. The molecular formula is C13H21BrN2O. The number of halogens is 1. The predicted molar refractivity (Wildman–Crippen MR) is 76.5 cm³/mol. The molecule has 17 heavy (non-hydrogen) atoms. The fraction of sp³-hybridized carbons (Fsp3) is 0.538. The van der Waals surface area contributed by atoms with Gasteiger partial charge in [-0.25, -0.2) is 0 Å². The normalized spacial score (nSPS) is 12.5. The highest BCUT2D eigenvalue weighted by molar-refractivity contribution is 9.10. The first-order valence-electron chi connectivity index (χ1n) is 5.93. The Balaban J connectivity index is 2.97. The number of hydrogen-bond donors (Lipinski definition) is 2. The lowest BCUT2D eigenvalue weighted by Gasteiger charge is -2.28. The Kier molecular flexibility index (Phi) is 5.95. The van der Waals surface area contributed by atoms with Crippen LogP contribution >= 0.6 is 15.9 Å². The number of likely N-dealkylation sites (N-methyl/N-ethyl adjacent to an activating group) is 1. The second-order valence-electron chi connectivity index (χ2n) is 4.20. The van der Waals surface area contributed by atoms with E-state index in [4.69, 9.17) is 0 Å². The van der Waals surface area contributed by atoms with Crippen LogP contribution in [0.25, 0.3) is 0 Å². The topological polar surface area (TPSA) is 35.5 Å². The van der Waals surface area contributed by atoms with Gasteiger partial charge in [0.05, 0.1) is 6.61 Å². The molecule has 0 aliphatic rings. The molecule has 1 atom stereocenters. The average molecular weight is 301 g/mol. The third-order valence-electron chi connectivity index (χ3n) is 2.92. The Hall–Kier alpha value is -0.580. The summed E-state index contributed by atoms with van der Waals surface area (Å²) >= 11 is 3.49. The predicted octanol–water partition coefficient (Wildman–Crippen LogP) is 2.38. The number of aliphatic hydroxyl groups excluding tert-OH is 1. The highest BCUT2D eigenvalue weighted by Gasteiger charge is 2.13. The van der Waals surface area contributed by atoms with Gasteiger partial charge in [0.2, 0.25) is 0 Å². The van der Waals surface area contributed by atoms with E-state index < -0.39 is 0 Å². The fourth-order valence-corrected chi connectivity index (χ4v) is 1.98. The van der Waals surface area contributed by atoms with Gasteiger partial charge in [-0.1, -0.05) is 28.9 Å². The lowest BCUT2D eigenvalue weighted by atomic mass is 10.1. The maximum atomic E-state index is 9.23. The van der Waals surface area contributed by atoms with Crippen LogP contribution in [0.3, 0.4) is 0 Å². The van der Waals surface area contributed by atoms with Gasteiger partial charge in [-0.15, -0.1) is 0 Å². The summed E-state index contributed by atoms with van der Waals surface area (Å²) in [6.45, 7) is 6.07. The van der Waals surface area contributed by atoms with Crippen LogP contribution in [0.5, 0.6) is 0 Å². The number of aliphatic hydroxyl groups is 1. The van der Waals surface area contributed by atoms with Gasteiger partial charge in [0.15, 0.2) is 0 Å². The third-order valence-corrected chi connectivity index (χ3v) is 3.41. The van der Waals surface area contributed by atoms with Crippen molar-refractivity contribution in [3.8, 4) is 0 Å². The van der Waals surface area contributed by atoms with Crippen molar-refractivity contribution in [3.05, 3.63) is 28.2 Å². The molecule has 4 heteroatoms. The van der Waals surface area contributed by atoms with Gasteiger partial charge in [0.1, 0.15) is 0 Å². The standard InChI is InChI=1S/C13H21BrN2O/c1-4-15-8-11-5-6-12(14)7-13(11)16(3)10(2)9-17/h5-7,10,15,17H,4,8-9H2,1-3H3. The fourth-order valence-electron chi connectivity index (χ4n) is 1.63. The van der Waals surface area contributed by atoms with Crippen molar-refractivity contribution in [3.63, 3.8) is 0 Å². The Morgan fingerprint density at radius 1 is 1.47 bits per heavy atom. The summed E-state index contributed by atoms with van der Waals surface area (Å²) in [7, 11) is 2.01. The summed E-state index contributed by atoms with van der Waals surface area (Å²) in [5, 5.41) is 12.6. The molecular weight excluding hydrogens is 280 g/mol. The highest BCUT2D eigenvalue weighted by Crippen LogP contribution is 2.25. The van der Waals surface area contributed by atoms with Gasteiger partial charge in [-0.2, -0.15) is 0 Å². The van der Waals surface area contributed by atoms with Crippen molar-refractivity contribution < 1.29 is 5.11 Å². The van der Waals surface area contributed by atoms with Gasteiger partial charge >= 0.3 is 0 Å². The Bertz CT molecular complexity index is 357. The molecule has 0 radical (unpaired) electrons. The zero-order valence-corrected chi connectivity index (χ0v) is 12.3. The van der Waals surface area contributed by atoms with E-state index in [1.165, 1.54) is 5.56 Å². The molecule has 0 saturated heterocycles. The minimum absolute atomic E-state index is 0.115. The molecule has 0 fully saturated rings. The summed E-state index contributed by atoms with van der Waals surface area (Å²) in [5.74, 6) is 0. The summed E-state index contributed by atoms with van der Waals surface area (Å²) in [5.41, 5.74) is 2.40. The van der Waals surface area contributed by atoms with Crippen molar-refractivity contribution in [1.29, 1.82) is 0 Å². The van der Waals surface area contributed by atoms with Crippen LogP contribution in [0, 0.1) is 0 Å². The first-order valence-corrected chi connectivity index (χ1v) is 6.72. The van der Waals surface area contributed by atoms with E-state index in [0.717, 1.165) is 23.2 Å². The van der Waals surface area contributed by atoms with E-state index in [1.54, 1.807) is 0 Å². The average Bonchev–Trinajstić information content (AvgIpc) is 2.35. The van der Waals surface area contributed by atoms with Crippen molar-refractivity contribution in [2.45, 2.75) is 26.4 Å². The smallest absolute Gasteiger partial charge is 0.0632 e. The van der Waals surface area contributed by atoms with Crippen molar-refractivity contribution in [2.24, 2.45) is 0 Å². The van der Waals surface area contributed by atoms with Crippen LogP contribution in [0.1, 0.15) is 19.4 Å². The number of nitrogens with one attached hydrogen (secondary N) is 1. The van der Waals surface area contributed by atoms with Crippen LogP contribution in [0.15, 0.2) is 22.7 Å². The van der Waals surface area contributed by atoms with Crippen LogP contribution < -0.4 is 10.2 Å². The molecule has 1 unspecified atom stereocenters. The summed E-state index contributed by atoms with van der Waals surface area (Å²) < 4.78 is 1.06. The minimum Gasteiger partial charge on any atom is -0.394 e. The molecule has 1 rings (SSSR count). The monoisotopic (exact) mass is 300 g/mol. The molecule has 0 amide bonds. The third kappa shape index (κ3) is 3.98. The first-order chi connectivity index (χ1) is 8.10. The summed E-state index contributed by atoms with van der Waals surface area (Å²) in [4.78, 5) is 2.11. The summed E-state index contributed by atoms with van der Waals surface area (Å²) in [6, 6.07) is 6.37. The largest absolute Gasteiger partial charge is 0.394 e. The van der Waals surface area contributed by atoms with Crippen LogP contribution in [-0.2, 0) is 6.54 Å². The van der Waals surface area contributed by atoms with Crippen LogP contribution in [-0.4, -0.2) is 31.3 Å². The second-order valence-corrected chi connectivity index (χ2v) is 5.11. The van der Waals surface area contributed by atoms with Crippen molar-refractivity contribution >= 4 is 21.6 Å². The molecule has 1 aromatic carbocycles. The number of nitrogens with zero attached hydrogens (tertiary/aromatic N) is 1. The minimum atomic E-state index is 0.115. The molecule has 0 aliphatic heterocycles. The quantitative estimate of drug-likeness (QED) is 0.847. The van der Waals surface area contributed by atoms with Gasteiger partial charge < -0.3 is 15.3 Å². The maximum absolute atomic E-state index is 9.23. The zero-order valence-electron chi connectivity index (χ0n) is 10.7. The van der Waals surface area contributed by atoms with Crippen molar-refractivity contribution in [2.75, 3.05) is 25.1 Å². The van der Waals surface area contributed by atoms with Crippen LogP contribution in [0.4, 0.5) is 5.69 Å². The Labute approximate surface area is 112 Å². The molecule has 0 aromatic heterocycles. The molecule has 0 aliphatic carbocycles. The van der Waals surface area contributed by atoms with E-state index in [2.05, 4.69) is 45.2 Å². The van der Waals surface area contributed by atoms with E-state index >= 15 is 0 Å². The van der Waals surface area contributed by atoms with Gasteiger partial charge in [-0.3, -0.25) is 0 Å². The lowest BCUT2D eigenvalue weighted by molar-refractivity contribution is 0.270. The Morgan fingerprint density at radius 3 is 2.76 bits per heavy atom. The molecule has 0 bridgehead atoms. The molecule has 0 spiro atoms. The van der Waals surface area contributed by atoms with E-state index in [0.29, 0.717) is 0 Å². The number of benzene rings is 1. The molecule has 96 valence electrons. The molecule has 3 nitrogen and oxygen atoms in total. The SMILES string of the molecule is CCNCc1ccc(Br)cc1N(C)C(C)CO. The molecule has 2 N–H and O–H groups in total. The second kappa shape index (κ2) is 6.99. The van der Waals surface area contributed by atoms with Crippen LogP contribution in [0.2, 0.25) is 0 Å². The van der Waals surface area contributed by atoms with Gasteiger partial charge in [-0.05, 0) is 31.2 Å². The van der Waals surface area contributed by atoms with E-state index in [-0.39, 0.29) is 12.6 Å². The Morgan fingerprint density at radius 2 is 2.18 bits per heavy atom. The van der Waals surface area contributed by atoms with E-state index in [9.17, 15) is 5.11 Å². The molecule has 1 aromatic rings. The number of anilines is 1. The van der Waals surface area contributed by atoms with Gasteiger partial charge in [0, 0.05) is 29.8 Å². The first kappa shape index (κ1) is 14.5.